The molecule has 0 aliphatic heterocycles. The van der Waals surface area contributed by atoms with Gasteiger partial charge in [0.05, 0.1) is 13.2 Å². The normalized spacial score (nSPS) is 9.36. The molecular formula is C10H17O3P. The van der Waals surface area contributed by atoms with E-state index in [4.69, 9.17) is 0 Å². The molecule has 0 aliphatic rings. The molecule has 0 unspecified atom stereocenters. The van der Waals surface area contributed by atoms with Gasteiger partial charge in [-0.25, -0.2) is 0 Å². The van der Waals surface area contributed by atoms with E-state index < -0.39 is 8.25 Å². The first-order valence-corrected chi connectivity index (χ1v) is 5.83. The molecule has 0 atom stereocenters. The van der Waals surface area contributed by atoms with Crippen molar-refractivity contribution in [3.8, 4) is 0 Å². The van der Waals surface area contributed by atoms with E-state index in [1.54, 1.807) is 13.8 Å². The zero-order chi connectivity index (χ0) is 10.6. The van der Waals surface area contributed by atoms with Crippen molar-refractivity contribution in [1.82, 2.24) is 0 Å². The summed E-state index contributed by atoms with van der Waals surface area (Å²) >= 11 is 0. The molecule has 0 bridgehead atoms. The average Bonchev–Trinajstić information content (AvgIpc) is 2.22. The zero-order valence-electron chi connectivity index (χ0n) is 8.60. The molecule has 0 spiro atoms. The van der Waals surface area contributed by atoms with Gasteiger partial charge in [0.1, 0.15) is 0 Å². The molecule has 0 fully saturated rings. The largest absolute Gasteiger partial charge is 0.319 e. The molecule has 1 aromatic rings. The van der Waals surface area contributed by atoms with Crippen LogP contribution in [0, 0.1) is 0 Å². The van der Waals surface area contributed by atoms with Crippen molar-refractivity contribution in [2.45, 2.75) is 13.8 Å². The number of rotatable bonds is 4. The maximum Gasteiger partial charge on any atom is 0.319 e. The molecule has 14 heavy (non-hydrogen) atoms. The van der Waals surface area contributed by atoms with Crippen molar-refractivity contribution >= 4 is 8.25 Å². The van der Waals surface area contributed by atoms with E-state index in [0.717, 1.165) is 0 Å². The highest BCUT2D eigenvalue weighted by Gasteiger charge is 1.91. The zero-order valence-corrected chi connectivity index (χ0v) is 9.60. The number of hydrogen-bond acceptors (Lipinski definition) is 3. The molecule has 3 nitrogen and oxygen atoms in total. The predicted molar refractivity (Wildman–Crippen MR) is 58.7 cm³/mol. The van der Waals surface area contributed by atoms with Gasteiger partial charge in [0.2, 0.25) is 0 Å². The third kappa shape index (κ3) is 9.46. The van der Waals surface area contributed by atoms with Gasteiger partial charge in [0.15, 0.2) is 0 Å². The van der Waals surface area contributed by atoms with E-state index in [1.165, 1.54) is 0 Å². The van der Waals surface area contributed by atoms with Crippen LogP contribution in [0.1, 0.15) is 13.8 Å². The van der Waals surface area contributed by atoms with Crippen LogP contribution in [0.4, 0.5) is 0 Å². The van der Waals surface area contributed by atoms with Crippen molar-refractivity contribution in [2.75, 3.05) is 13.2 Å². The molecule has 0 radical (unpaired) electrons. The van der Waals surface area contributed by atoms with Crippen molar-refractivity contribution < 1.29 is 13.6 Å². The van der Waals surface area contributed by atoms with E-state index in [-0.39, 0.29) is 0 Å². The Balaban J connectivity index is 0.000000249. The second-order valence-electron chi connectivity index (χ2n) is 2.27. The highest BCUT2D eigenvalue weighted by molar-refractivity contribution is 7.33. The summed E-state index contributed by atoms with van der Waals surface area (Å²) in [6.07, 6.45) is 0. The molecular weight excluding hydrogens is 199 g/mol. The first kappa shape index (κ1) is 13.4. The van der Waals surface area contributed by atoms with Crippen molar-refractivity contribution in [3.63, 3.8) is 0 Å². The molecule has 0 aliphatic carbocycles. The Kier molecular flexibility index (Phi) is 9.98. The van der Waals surface area contributed by atoms with Crippen LogP contribution in [-0.4, -0.2) is 13.2 Å². The Labute approximate surface area is 86.0 Å². The molecule has 1 aromatic carbocycles. The van der Waals surface area contributed by atoms with Crippen molar-refractivity contribution in [3.05, 3.63) is 36.4 Å². The lowest BCUT2D eigenvalue weighted by Crippen LogP contribution is -1.81. The first-order chi connectivity index (χ1) is 6.81. The van der Waals surface area contributed by atoms with Crippen molar-refractivity contribution in [1.29, 1.82) is 0 Å². The average molecular weight is 216 g/mol. The highest BCUT2D eigenvalue weighted by Crippen LogP contribution is 2.21. The molecule has 0 heterocycles. The van der Waals surface area contributed by atoms with Gasteiger partial charge in [0.25, 0.3) is 0 Å². The summed E-state index contributed by atoms with van der Waals surface area (Å²) in [6, 6.07) is 12.0. The molecule has 0 saturated carbocycles. The summed E-state index contributed by atoms with van der Waals surface area (Å²) < 4.78 is 19.6. The maximum absolute atomic E-state index is 10.4. The van der Waals surface area contributed by atoms with Gasteiger partial charge in [-0.3, -0.25) is 4.57 Å². The SMILES string of the molecule is CCO[PH](=O)OCC.c1ccccc1. The minimum absolute atomic E-state index is 0.456. The van der Waals surface area contributed by atoms with E-state index in [2.05, 4.69) is 9.05 Å². The number of hydrogen-bond donors (Lipinski definition) is 0. The summed E-state index contributed by atoms with van der Waals surface area (Å²) in [5.41, 5.74) is 0. The third-order valence-corrected chi connectivity index (χ3v) is 2.24. The van der Waals surface area contributed by atoms with Crippen LogP contribution in [0.3, 0.4) is 0 Å². The quantitative estimate of drug-likeness (QED) is 0.725. The Morgan fingerprint density at radius 2 is 1.14 bits per heavy atom. The fourth-order valence-corrected chi connectivity index (χ4v) is 1.22. The molecule has 0 N–H and O–H groups in total. The minimum atomic E-state index is -2.14. The molecule has 1 rings (SSSR count). The van der Waals surface area contributed by atoms with Crippen LogP contribution < -0.4 is 0 Å². The summed E-state index contributed by atoms with van der Waals surface area (Å²) in [7, 11) is -2.14. The van der Waals surface area contributed by atoms with Gasteiger partial charge in [-0.15, -0.1) is 0 Å². The summed E-state index contributed by atoms with van der Waals surface area (Å²) in [5, 5.41) is 0. The summed E-state index contributed by atoms with van der Waals surface area (Å²) in [4.78, 5) is 0. The molecule has 80 valence electrons. The van der Waals surface area contributed by atoms with Crippen LogP contribution >= 0.6 is 8.25 Å². The summed E-state index contributed by atoms with van der Waals surface area (Å²) in [6.45, 7) is 4.47. The van der Waals surface area contributed by atoms with E-state index in [9.17, 15) is 4.57 Å². The second kappa shape index (κ2) is 10.5. The van der Waals surface area contributed by atoms with Crippen molar-refractivity contribution in [2.24, 2.45) is 0 Å². The van der Waals surface area contributed by atoms with Crippen LogP contribution in [0.15, 0.2) is 36.4 Å². The second-order valence-corrected chi connectivity index (χ2v) is 3.35. The Hall–Kier alpha value is -0.630. The van der Waals surface area contributed by atoms with Gasteiger partial charge in [-0.05, 0) is 13.8 Å². The molecule has 0 saturated heterocycles. The third-order valence-electron chi connectivity index (χ3n) is 1.19. The lowest BCUT2D eigenvalue weighted by atomic mass is 10.4. The van der Waals surface area contributed by atoms with E-state index in [1.807, 2.05) is 36.4 Å². The minimum Gasteiger partial charge on any atom is -0.311 e. The Morgan fingerprint density at radius 3 is 1.36 bits per heavy atom. The van der Waals surface area contributed by atoms with Crippen LogP contribution in [0.5, 0.6) is 0 Å². The van der Waals surface area contributed by atoms with Gasteiger partial charge < -0.3 is 9.05 Å². The van der Waals surface area contributed by atoms with E-state index >= 15 is 0 Å². The van der Waals surface area contributed by atoms with Gasteiger partial charge in [0, 0.05) is 0 Å². The monoisotopic (exact) mass is 216 g/mol. The van der Waals surface area contributed by atoms with Gasteiger partial charge in [-0.1, -0.05) is 36.4 Å². The fraction of sp³-hybridized carbons (Fsp3) is 0.400. The smallest absolute Gasteiger partial charge is 0.311 e. The standard InChI is InChI=1S/C6H6.C4H11O3P/c1-2-4-6-5-3-1;1-3-6-8(5)7-4-2/h1-6H;8H,3-4H2,1-2H3. The first-order valence-electron chi connectivity index (χ1n) is 4.60. The Bertz CT molecular complexity index is 191. The van der Waals surface area contributed by atoms with Crippen LogP contribution in [-0.2, 0) is 13.6 Å². The van der Waals surface area contributed by atoms with Crippen LogP contribution in [0.2, 0.25) is 0 Å². The highest BCUT2D eigenvalue weighted by atomic mass is 31.1. The van der Waals surface area contributed by atoms with Gasteiger partial charge >= 0.3 is 8.25 Å². The molecule has 0 aromatic heterocycles. The van der Waals surface area contributed by atoms with Crippen LogP contribution in [0.25, 0.3) is 0 Å². The Morgan fingerprint density at radius 1 is 0.857 bits per heavy atom. The van der Waals surface area contributed by atoms with Gasteiger partial charge in [-0.2, -0.15) is 0 Å². The van der Waals surface area contributed by atoms with E-state index in [0.29, 0.717) is 13.2 Å². The molecule has 0 amide bonds. The number of benzene rings is 1. The molecule has 4 heteroatoms. The lowest BCUT2D eigenvalue weighted by molar-refractivity contribution is 0.243. The predicted octanol–water partition coefficient (Wildman–Crippen LogP) is 3.14. The maximum atomic E-state index is 10.4. The topological polar surface area (TPSA) is 35.5 Å². The lowest BCUT2D eigenvalue weighted by Gasteiger charge is -1.97. The summed E-state index contributed by atoms with van der Waals surface area (Å²) in [5.74, 6) is 0. The fourth-order valence-electron chi connectivity index (χ4n) is 0.662.